The number of rotatable bonds is 24. The van der Waals surface area contributed by atoms with E-state index in [-0.39, 0.29) is 82.9 Å². The highest BCUT2D eigenvalue weighted by molar-refractivity contribution is 8.63. The van der Waals surface area contributed by atoms with E-state index < -0.39 is 38.9 Å². The lowest BCUT2D eigenvalue weighted by Crippen LogP contribution is -3.33. The molecule has 0 N–H and O–H groups in total. The quantitative estimate of drug-likeness (QED) is 0.0419. The van der Waals surface area contributed by atoms with E-state index in [1.54, 1.807) is 20.7 Å². The van der Waals surface area contributed by atoms with Crippen LogP contribution in [-0.2, 0) is 0 Å². The molecule has 2 aliphatic rings. The summed E-state index contributed by atoms with van der Waals surface area (Å²) in [6.45, 7) is 89.4. The largest absolute Gasteiger partial charge is 0.190 e. The highest BCUT2D eigenvalue weighted by Crippen LogP contribution is 2.75. The van der Waals surface area contributed by atoms with E-state index in [1.807, 2.05) is 0 Å². The van der Waals surface area contributed by atoms with Crippen molar-refractivity contribution in [1.82, 2.24) is 0 Å². The summed E-state index contributed by atoms with van der Waals surface area (Å²) in [5.74, 6) is -5.12. The van der Waals surface area contributed by atoms with Crippen molar-refractivity contribution in [2.24, 2.45) is 0 Å². The van der Waals surface area contributed by atoms with Crippen molar-refractivity contribution in [2.75, 3.05) is 0 Å². The maximum atomic E-state index is 11.4. The van der Waals surface area contributed by atoms with Crippen molar-refractivity contribution in [3.8, 4) is 0 Å². The fourth-order valence-electron chi connectivity index (χ4n) is 19.0. The van der Waals surface area contributed by atoms with E-state index in [0.717, 1.165) is 0 Å². The molecule has 2 aliphatic heterocycles. The SMILES string of the molecule is CC(C)c1cc(C(C)C)c([Si]2(c3c(C(C)C)cc(C(C)C)cc3C(C)C)[Si@@]3(Cl)[Si@](Cl)([Si](c4c(C(C)C)cc(C(C)C)cc4C(C)C)(c4c(C(C)C)cc(C(C)C)cc4C(C)C)[Si@@]3(Cl)c3c(C(C)C)cc(C(C)C)cc3C(C)C)[Si@@]2(Cl)c2c(C(C)C)cc(C(C)C)cc2C(C)C)c(C(C)C)c1. The second kappa shape index (κ2) is 30.1. The molecule has 0 amide bonds. The van der Waals surface area contributed by atoms with Crippen LogP contribution >= 0.6 is 44.3 Å². The fourth-order valence-corrected chi connectivity index (χ4v) is 400. The van der Waals surface area contributed by atoms with Crippen LogP contribution in [0, 0.1) is 0 Å². The lowest BCUT2D eigenvalue weighted by molar-refractivity contribution is 0.808. The van der Waals surface area contributed by atoms with Gasteiger partial charge in [-0.1, -0.05) is 343 Å². The van der Waals surface area contributed by atoms with Crippen molar-refractivity contribution in [2.45, 2.75) is 356 Å². The molecular weight excluding hydrogens is 1390 g/mol. The Balaban J connectivity index is 2.11. The first-order valence-corrected chi connectivity index (χ1v) is 63.0. The summed E-state index contributed by atoms with van der Waals surface area (Å²) in [5, 5.41) is 9.22. The normalized spacial score (nSPS) is 20.9. The van der Waals surface area contributed by atoms with Gasteiger partial charge in [-0.25, -0.2) is 0 Å². The van der Waals surface area contributed by atoms with E-state index in [0.29, 0.717) is 23.7 Å². The van der Waals surface area contributed by atoms with Crippen LogP contribution in [0.15, 0.2) is 72.8 Å². The van der Waals surface area contributed by atoms with Gasteiger partial charge in [0, 0.05) is 0 Å². The summed E-state index contributed by atoms with van der Waals surface area (Å²) in [6.07, 6.45) is -8.53. The monoisotopic (exact) mass is 1530 g/mol. The smallest absolute Gasteiger partial charge is 0.174 e. The lowest BCUT2D eigenvalue weighted by Gasteiger charge is -2.88. The van der Waals surface area contributed by atoms with Crippen LogP contribution in [0.3, 0.4) is 0 Å². The van der Waals surface area contributed by atoms with Crippen LogP contribution in [0.2, 0.25) is 0 Å². The van der Waals surface area contributed by atoms with Crippen LogP contribution in [0.4, 0.5) is 0 Å². The van der Waals surface area contributed by atoms with Crippen molar-refractivity contribution >= 4 is 114 Å². The van der Waals surface area contributed by atoms with Crippen LogP contribution < -0.4 is 31.1 Å². The van der Waals surface area contributed by atoms with E-state index in [2.05, 4.69) is 322 Å². The fraction of sp³-hybridized carbons (Fsp3) is 0.600. The van der Waals surface area contributed by atoms with Gasteiger partial charge >= 0.3 is 0 Å². The molecule has 2 saturated heterocycles. The first-order valence-electron chi connectivity index (χ1n) is 39.9. The molecule has 0 bridgehead atoms. The predicted octanol–water partition coefficient (Wildman–Crippen LogP) is 25.9. The first-order chi connectivity index (χ1) is 46.1. The predicted molar refractivity (Wildman–Crippen MR) is 468 cm³/mol. The Kier molecular flexibility index (Phi) is 25.1. The number of hydrogen-bond donors (Lipinski definition) is 0. The maximum absolute atomic E-state index is 11.4. The van der Waals surface area contributed by atoms with Crippen molar-refractivity contribution in [1.29, 1.82) is 0 Å². The Bertz CT molecular complexity index is 3420. The number of hydrogen-bond acceptors (Lipinski definition) is 0. The Morgan fingerprint density at radius 3 is 0.350 bits per heavy atom. The third kappa shape index (κ3) is 12.3. The van der Waals surface area contributed by atoms with Gasteiger partial charge in [0.05, 0.1) is 0 Å². The summed E-state index contributed by atoms with van der Waals surface area (Å²) in [6, 6.07) is 32.5. The second-order valence-corrected chi connectivity index (χ2v) is 111. The molecule has 550 valence electrons. The first kappa shape index (κ1) is 83.4. The van der Waals surface area contributed by atoms with Gasteiger partial charge in [0.25, 0.3) is 0 Å². The van der Waals surface area contributed by atoms with E-state index in [4.69, 9.17) is 0 Å². The molecule has 2 heterocycles. The molecule has 0 nitrogen and oxygen atoms in total. The van der Waals surface area contributed by atoms with Crippen molar-refractivity contribution in [3.05, 3.63) is 173 Å². The molecule has 6 aromatic carbocycles. The van der Waals surface area contributed by atoms with Crippen LogP contribution in [0.1, 0.15) is 456 Å². The summed E-state index contributed by atoms with van der Waals surface area (Å²) < 4.78 is 0. The highest BCUT2D eigenvalue weighted by atomic mass is 35.6. The van der Waals surface area contributed by atoms with Crippen LogP contribution in [0.25, 0.3) is 0 Å². The lowest BCUT2D eigenvalue weighted by atomic mass is 9.89. The molecule has 6 aromatic rings. The molecule has 0 spiro atoms. The zero-order valence-electron chi connectivity index (χ0n) is 69.8. The molecule has 100 heavy (non-hydrogen) atoms. The number of benzene rings is 6. The van der Waals surface area contributed by atoms with E-state index in [1.165, 1.54) is 111 Å². The van der Waals surface area contributed by atoms with Gasteiger partial charge in [0.15, 0.2) is 24.7 Å². The Morgan fingerprint density at radius 2 is 0.260 bits per heavy atom. The minimum absolute atomic E-state index is 0.126. The topological polar surface area (TPSA) is 0 Å². The molecule has 0 aromatic heterocycles. The van der Waals surface area contributed by atoms with Crippen molar-refractivity contribution < 1.29 is 0 Å². The van der Waals surface area contributed by atoms with Crippen molar-refractivity contribution in [3.63, 3.8) is 0 Å². The summed E-state index contributed by atoms with van der Waals surface area (Å²) >= 11 is 45.6. The third-order valence-electron chi connectivity index (χ3n) is 24.5. The molecule has 0 unspecified atom stereocenters. The molecule has 0 aliphatic carbocycles. The van der Waals surface area contributed by atoms with E-state index in [9.17, 15) is 44.3 Å². The molecule has 8 rings (SSSR count). The maximum Gasteiger partial charge on any atom is 0.190 e. The zero-order chi connectivity index (χ0) is 75.7. The van der Waals surface area contributed by atoms with E-state index >= 15 is 0 Å². The molecule has 0 saturated carbocycles. The number of halogens is 4. The molecule has 10 heteroatoms. The molecular formula is C90H138Cl4Si6. The van der Waals surface area contributed by atoms with Gasteiger partial charge in [-0.2, -0.15) is 44.3 Å². The summed E-state index contributed by atoms with van der Waals surface area (Å²) in [4.78, 5) is 0. The minimum Gasteiger partial charge on any atom is -0.174 e. The van der Waals surface area contributed by atoms with Gasteiger partial charge in [-0.05, 0) is 217 Å². The molecule has 2 fully saturated rings. The van der Waals surface area contributed by atoms with Gasteiger partial charge in [-0.15, -0.1) is 0 Å². The van der Waals surface area contributed by atoms with Gasteiger partial charge in [0.1, 0.15) is 14.2 Å². The minimum atomic E-state index is -4.27. The average Bonchev–Trinajstić information content (AvgIpc) is 0.567. The molecule has 0 radical (unpaired) electrons. The van der Waals surface area contributed by atoms with Gasteiger partial charge in [-0.3, -0.25) is 0 Å². The third-order valence-corrected chi connectivity index (χ3v) is 217. The summed E-state index contributed by atoms with van der Waals surface area (Å²) in [7, 11) is -8.33. The number of fused-ring (bicyclic) bond motifs is 1. The summed E-state index contributed by atoms with van der Waals surface area (Å²) in [5.41, 5.74) is 25.8. The Hall–Kier alpha value is -2.22. The highest BCUT2D eigenvalue weighted by Gasteiger charge is 3.13. The Labute approximate surface area is 637 Å². The van der Waals surface area contributed by atoms with Gasteiger partial charge < -0.3 is 0 Å². The van der Waals surface area contributed by atoms with Crippen LogP contribution in [-0.4, -0.2) is 38.9 Å². The molecule has 4 atom stereocenters. The van der Waals surface area contributed by atoms with Crippen LogP contribution in [0.5, 0.6) is 0 Å². The Morgan fingerprint density at radius 1 is 0.160 bits per heavy atom. The average molecular weight is 1530 g/mol. The zero-order valence-corrected chi connectivity index (χ0v) is 78.9. The van der Waals surface area contributed by atoms with Gasteiger partial charge in [0.2, 0.25) is 0 Å². The standard InChI is InChI=1S/C90H138Cl4Si6/c1-49(2)67-37-73(55(13)14)85(74(38-67)56(15)16)95(86-75(57(17)18)39-68(50(3)4)40-76(86)58(19)20)97(91,89-81(63(29)30)45-71(53(9)10)46-82(89)64(31)32)100(94)96(87-77(59(21)22)41-69(51(5)6)42-78(87)60(23)24,88-79(61(25)26)43-70(52(7)8)44-80(88)62(27)28)98(92,99(95,100)93)90-83(65(33)34)47-72(54(11)12)48-84(90)66(35)36/h37-66H,1-36H3/t97-,98+,99-,100-/m1/s1. The second-order valence-electron chi connectivity index (χ2n) is 37.4.